The van der Waals surface area contributed by atoms with Crippen molar-refractivity contribution < 1.29 is 24.2 Å². The number of hydrogen-bond donors (Lipinski definition) is 2. The number of aromatic nitrogens is 4. The molecule has 4 aromatic rings. The Bertz CT molecular complexity index is 1390. The number of imidazole rings is 1. The number of carboxylic acid groups (broad SMARTS) is 1. The number of carbonyl (C=O) groups is 3. The third-order valence-corrected chi connectivity index (χ3v) is 6.59. The largest absolute Gasteiger partial charge is 0.480 e. The molecule has 0 saturated carbocycles. The number of carbonyl (C=O) groups excluding carboxylic acids is 2. The number of nitrogens with zero attached hydrogens (tertiary/aromatic N) is 4. The first kappa shape index (κ1) is 24.3. The van der Waals surface area contributed by atoms with E-state index in [0.717, 1.165) is 11.0 Å². The van der Waals surface area contributed by atoms with Crippen LogP contribution in [0.2, 0.25) is 0 Å². The van der Waals surface area contributed by atoms with Gasteiger partial charge in [0.15, 0.2) is 5.82 Å². The van der Waals surface area contributed by atoms with Crippen molar-refractivity contribution in [3.63, 3.8) is 0 Å². The number of piperidine rings is 1. The number of nitrogens with one attached hydrogen (secondary N) is 1. The van der Waals surface area contributed by atoms with Crippen molar-refractivity contribution in [2.75, 3.05) is 13.1 Å². The fourth-order valence-electron chi connectivity index (χ4n) is 4.66. The Balaban J connectivity index is 1.27. The molecule has 0 aliphatic carbocycles. The van der Waals surface area contributed by atoms with Crippen LogP contribution in [-0.2, 0) is 9.59 Å². The highest BCUT2D eigenvalue weighted by molar-refractivity contribution is 6.08. The quantitative estimate of drug-likeness (QED) is 0.261. The van der Waals surface area contributed by atoms with E-state index in [9.17, 15) is 19.5 Å². The van der Waals surface area contributed by atoms with Crippen molar-refractivity contribution in [1.29, 1.82) is 0 Å². The van der Waals surface area contributed by atoms with Gasteiger partial charge in [0.25, 0.3) is 0 Å². The van der Waals surface area contributed by atoms with Crippen molar-refractivity contribution in [3.8, 4) is 11.6 Å². The van der Waals surface area contributed by atoms with E-state index < -0.39 is 12.0 Å². The summed E-state index contributed by atoms with van der Waals surface area (Å²) < 4.78 is 6.04. The molecule has 0 spiro atoms. The molecule has 1 aliphatic heterocycles. The van der Waals surface area contributed by atoms with E-state index in [2.05, 4.69) is 19.9 Å². The van der Waals surface area contributed by atoms with Crippen molar-refractivity contribution in [2.45, 2.75) is 31.2 Å². The van der Waals surface area contributed by atoms with E-state index in [1.165, 1.54) is 0 Å². The highest BCUT2D eigenvalue weighted by Crippen LogP contribution is 2.34. The number of rotatable bonds is 9. The molecular formula is C27H25N5O5. The number of carboxylic acids is 1. The Kier molecular flexibility index (Phi) is 7.00. The maximum absolute atomic E-state index is 12.9. The number of likely N-dealkylation sites (tertiary alicyclic amines) is 1. The highest BCUT2D eigenvalue weighted by Gasteiger charge is 2.31. The lowest BCUT2D eigenvalue weighted by atomic mass is 9.92. The zero-order valence-electron chi connectivity index (χ0n) is 19.9. The number of aliphatic carboxylic acids is 1. The average Bonchev–Trinajstić information content (AvgIpc) is 3.37. The van der Waals surface area contributed by atoms with E-state index >= 15 is 0 Å². The summed E-state index contributed by atoms with van der Waals surface area (Å²) in [6.07, 6.45) is 5.11. The minimum Gasteiger partial charge on any atom is -0.480 e. The van der Waals surface area contributed by atoms with Crippen LogP contribution < -0.4 is 4.74 Å². The van der Waals surface area contributed by atoms with Gasteiger partial charge >= 0.3 is 5.97 Å². The third kappa shape index (κ3) is 5.24. The molecule has 0 bridgehead atoms. The maximum atomic E-state index is 12.9. The van der Waals surface area contributed by atoms with Gasteiger partial charge in [-0.1, -0.05) is 12.1 Å². The van der Waals surface area contributed by atoms with Gasteiger partial charge < -0.3 is 19.6 Å². The van der Waals surface area contributed by atoms with E-state index in [0.29, 0.717) is 55.1 Å². The predicted molar refractivity (Wildman–Crippen MR) is 134 cm³/mol. The third-order valence-electron chi connectivity index (χ3n) is 6.59. The monoisotopic (exact) mass is 499 g/mol. The molecule has 2 N–H and O–H groups in total. The van der Waals surface area contributed by atoms with E-state index in [1.807, 2.05) is 29.2 Å². The molecule has 2 aromatic heterocycles. The number of para-hydroxylation sites is 2. The molecule has 1 unspecified atom stereocenters. The van der Waals surface area contributed by atoms with Crippen LogP contribution in [0.5, 0.6) is 11.6 Å². The number of aromatic amines is 1. The summed E-state index contributed by atoms with van der Waals surface area (Å²) in [7, 11) is 0. The molecular weight excluding hydrogens is 474 g/mol. The normalized spacial score (nSPS) is 15.4. The van der Waals surface area contributed by atoms with Crippen molar-refractivity contribution in [1.82, 2.24) is 24.8 Å². The Morgan fingerprint density at radius 3 is 2.51 bits per heavy atom. The number of aldehydes is 1. The summed E-state index contributed by atoms with van der Waals surface area (Å²) >= 11 is 0. The van der Waals surface area contributed by atoms with Crippen LogP contribution in [0.4, 0.5) is 0 Å². The molecule has 1 atom stereocenters. The van der Waals surface area contributed by atoms with Gasteiger partial charge in [-0.25, -0.2) is 9.97 Å². The molecule has 2 aromatic carbocycles. The van der Waals surface area contributed by atoms with Crippen LogP contribution in [0, 0.1) is 0 Å². The smallest absolute Gasteiger partial charge is 0.321 e. The lowest BCUT2D eigenvalue weighted by Gasteiger charge is -2.35. The SMILES string of the molecule is O=CCC(C(=O)O)N1CCC(c2nccnc2Oc2ccc(C(=O)c3nc4ccccc4[nH]3)cc2)CC1. The van der Waals surface area contributed by atoms with Crippen molar-refractivity contribution in [3.05, 3.63) is 78.0 Å². The molecule has 188 valence electrons. The van der Waals surface area contributed by atoms with Gasteiger partial charge in [0.1, 0.15) is 23.8 Å². The summed E-state index contributed by atoms with van der Waals surface area (Å²) in [6.45, 7) is 1.06. The summed E-state index contributed by atoms with van der Waals surface area (Å²) in [4.78, 5) is 53.4. The Morgan fingerprint density at radius 1 is 1.08 bits per heavy atom. The standard InChI is InChI=1S/C27H25N5O5/c33-16-11-22(27(35)36)32-14-9-17(10-15-32)23-26(29-13-12-28-23)37-19-7-5-18(6-8-19)24(34)25-30-20-3-1-2-4-21(20)31-25/h1-8,12-13,16-17,22H,9-11,14-15H2,(H,30,31)(H,35,36). The molecule has 0 amide bonds. The molecule has 10 nitrogen and oxygen atoms in total. The number of fused-ring (bicyclic) bond motifs is 1. The second kappa shape index (κ2) is 10.7. The van der Waals surface area contributed by atoms with Crippen LogP contribution in [0.1, 0.15) is 47.1 Å². The maximum Gasteiger partial charge on any atom is 0.321 e. The number of hydrogen-bond acceptors (Lipinski definition) is 8. The Hall–Kier alpha value is -4.44. The minimum atomic E-state index is -0.990. The second-order valence-electron chi connectivity index (χ2n) is 8.87. The molecule has 1 fully saturated rings. The van der Waals surface area contributed by atoms with E-state index in [4.69, 9.17) is 4.74 Å². The molecule has 1 saturated heterocycles. The van der Waals surface area contributed by atoms with Crippen LogP contribution in [0.15, 0.2) is 60.9 Å². The highest BCUT2D eigenvalue weighted by atomic mass is 16.5. The van der Waals surface area contributed by atoms with E-state index in [1.54, 1.807) is 36.7 Å². The van der Waals surface area contributed by atoms with Gasteiger partial charge in [-0.05, 0) is 62.3 Å². The topological polar surface area (TPSA) is 138 Å². The summed E-state index contributed by atoms with van der Waals surface area (Å²) in [6, 6.07) is 13.4. The van der Waals surface area contributed by atoms with Crippen LogP contribution in [0.25, 0.3) is 11.0 Å². The fraction of sp³-hybridized carbons (Fsp3) is 0.259. The van der Waals surface area contributed by atoms with Crippen LogP contribution in [-0.4, -0.2) is 67.1 Å². The van der Waals surface area contributed by atoms with Crippen molar-refractivity contribution in [2.24, 2.45) is 0 Å². The molecule has 37 heavy (non-hydrogen) atoms. The molecule has 3 heterocycles. The van der Waals surface area contributed by atoms with Gasteiger partial charge in [-0.3, -0.25) is 19.5 Å². The first-order valence-electron chi connectivity index (χ1n) is 12.0. The van der Waals surface area contributed by atoms with Gasteiger partial charge in [0.2, 0.25) is 11.7 Å². The summed E-state index contributed by atoms with van der Waals surface area (Å²) in [5.41, 5.74) is 2.70. The van der Waals surface area contributed by atoms with Crippen LogP contribution >= 0.6 is 0 Å². The number of benzene rings is 2. The minimum absolute atomic E-state index is 0.0334. The first-order valence-corrected chi connectivity index (χ1v) is 12.0. The predicted octanol–water partition coefficient (Wildman–Crippen LogP) is 3.60. The number of H-pyrrole nitrogens is 1. The van der Waals surface area contributed by atoms with E-state index in [-0.39, 0.29) is 23.9 Å². The van der Waals surface area contributed by atoms with Gasteiger partial charge in [-0.2, -0.15) is 0 Å². The zero-order chi connectivity index (χ0) is 25.8. The van der Waals surface area contributed by atoms with Crippen LogP contribution in [0.3, 0.4) is 0 Å². The molecule has 0 radical (unpaired) electrons. The second-order valence-corrected chi connectivity index (χ2v) is 8.87. The van der Waals surface area contributed by atoms with Gasteiger partial charge in [0, 0.05) is 30.3 Å². The summed E-state index contributed by atoms with van der Waals surface area (Å²) in [5.74, 6) is -0.00668. The fourth-order valence-corrected chi connectivity index (χ4v) is 4.66. The van der Waals surface area contributed by atoms with Gasteiger partial charge in [-0.15, -0.1) is 0 Å². The first-order chi connectivity index (χ1) is 18.0. The molecule has 5 rings (SSSR count). The Morgan fingerprint density at radius 2 is 1.81 bits per heavy atom. The van der Waals surface area contributed by atoms with Crippen molar-refractivity contribution >= 4 is 29.1 Å². The van der Waals surface area contributed by atoms with Gasteiger partial charge in [0.05, 0.1) is 11.0 Å². The molecule has 10 heteroatoms. The lowest BCUT2D eigenvalue weighted by Crippen LogP contribution is -2.45. The lowest BCUT2D eigenvalue weighted by molar-refractivity contribution is -0.145. The zero-order valence-corrected chi connectivity index (χ0v) is 19.9. The Labute approximate surface area is 212 Å². The summed E-state index contributed by atoms with van der Waals surface area (Å²) in [5, 5.41) is 9.43. The number of ketones is 1. The molecule has 1 aliphatic rings. The number of ether oxygens (including phenoxy) is 1. The average molecular weight is 500 g/mol.